The summed E-state index contributed by atoms with van der Waals surface area (Å²) in [5.74, 6) is -1.82. The molecule has 3 rings (SSSR count). The molecule has 1 atom stereocenters. The van der Waals surface area contributed by atoms with Crippen molar-refractivity contribution in [3.63, 3.8) is 0 Å². The van der Waals surface area contributed by atoms with Crippen LogP contribution in [0.2, 0.25) is 5.02 Å². The van der Waals surface area contributed by atoms with Crippen molar-refractivity contribution in [2.75, 3.05) is 13.1 Å². The lowest BCUT2D eigenvalue weighted by molar-refractivity contribution is -0.275. The molecule has 1 unspecified atom stereocenters. The molecule has 0 bridgehead atoms. The van der Waals surface area contributed by atoms with E-state index in [1.54, 1.807) is 19.2 Å². The summed E-state index contributed by atoms with van der Waals surface area (Å²) in [5.41, 5.74) is -1.68. The first kappa shape index (κ1) is 27.8. The van der Waals surface area contributed by atoms with Crippen molar-refractivity contribution in [3.8, 4) is 0 Å². The highest BCUT2D eigenvalue weighted by atomic mass is 35.5. The number of oxime groups is 1. The van der Waals surface area contributed by atoms with Gasteiger partial charge in [0.2, 0.25) is 5.91 Å². The average molecular weight is 556 g/mol. The van der Waals surface area contributed by atoms with Crippen LogP contribution in [-0.4, -0.2) is 43.0 Å². The van der Waals surface area contributed by atoms with Crippen LogP contribution in [0.5, 0.6) is 0 Å². The fraction of sp³-hybridized carbons (Fsp3) is 0.409. The predicted octanol–water partition coefficient (Wildman–Crippen LogP) is 5.32. The van der Waals surface area contributed by atoms with E-state index in [2.05, 4.69) is 10.5 Å². The fourth-order valence-corrected chi connectivity index (χ4v) is 4.74. The molecular formula is C22H20ClF6N3O3S. The van der Waals surface area contributed by atoms with Crippen LogP contribution in [0.1, 0.15) is 43.2 Å². The molecule has 2 amide bonds. The Kier molecular flexibility index (Phi) is 7.66. The first-order valence-corrected chi connectivity index (χ1v) is 11.5. The normalized spacial score (nSPS) is 18.0. The lowest BCUT2D eigenvalue weighted by Gasteiger charge is -2.30. The van der Waals surface area contributed by atoms with Gasteiger partial charge in [0.15, 0.2) is 0 Å². The van der Waals surface area contributed by atoms with Gasteiger partial charge in [0, 0.05) is 10.6 Å². The monoisotopic (exact) mass is 555 g/mol. The number of benzene rings is 1. The molecule has 2 aromatic rings. The maximum Gasteiger partial charge on any atom is 0.435 e. The number of hydrogen-bond acceptors (Lipinski definition) is 5. The van der Waals surface area contributed by atoms with Crippen LogP contribution < -0.4 is 10.6 Å². The minimum absolute atomic E-state index is 0.0346. The van der Waals surface area contributed by atoms with Gasteiger partial charge in [-0.3, -0.25) is 9.59 Å². The second-order valence-electron chi connectivity index (χ2n) is 8.25. The smallest absolute Gasteiger partial charge is 0.374 e. The Morgan fingerprint density at radius 3 is 2.22 bits per heavy atom. The summed E-state index contributed by atoms with van der Waals surface area (Å²) in [5, 5.41) is 7.84. The second-order valence-corrected chi connectivity index (χ2v) is 9.68. The Labute approximate surface area is 210 Å². The molecule has 0 saturated carbocycles. The Morgan fingerprint density at radius 1 is 1.06 bits per heavy atom. The number of nitrogens with one attached hydrogen (secondary N) is 2. The molecule has 1 aromatic carbocycles. The first-order valence-electron chi connectivity index (χ1n) is 10.4. The topological polar surface area (TPSA) is 79.8 Å². The van der Waals surface area contributed by atoms with Crippen molar-refractivity contribution in [2.45, 2.75) is 45.1 Å². The second kappa shape index (κ2) is 9.92. The summed E-state index contributed by atoms with van der Waals surface area (Å²) in [4.78, 5) is 29.3. The van der Waals surface area contributed by atoms with Crippen LogP contribution >= 0.6 is 22.9 Å². The fourth-order valence-electron chi connectivity index (χ4n) is 3.57. The number of halogens is 7. The minimum atomic E-state index is -4.83. The zero-order valence-corrected chi connectivity index (χ0v) is 20.7. The maximum absolute atomic E-state index is 14.3. The van der Waals surface area contributed by atoms with E-state index in [0.717, 1.165) is 11.3 Å². The zero-order chi connectivity index (χ0) is 27.1. The van der Waals surface area contributed by atoms with E-state index in [1.165, 1.54) is 25.1 Å². The van der Waals surface area contributed by atoms with E-state index in [-0.39, 0.29) is 21.0 Å². The van der Waals surface area contributed by atoms with Gasteiger partial charge in [0.25, 0.3) is 11.5 Å². The summed E-state index contributed by atoms with van der Waals surface area (Å²) < 4.78 is 79.4. The predicted molar refractivity (Wildman–Crippen MR) is 121 cm³/mol. The van der Waals surface area contributed by atoms with Crippen molar-refractivity contribution in [1.29, 1.82) is 0 Å². The summed E-state index contributed by atoms with van der Waals surface area (Å²) in [6, 6.07) is 4.05. The van der Waals surface area contributed by atoms with Crippen molar-refractivity contribution >= 4 is 40.5 Å². The molecule has 0 radical (unpaired) electrons. The third-order valence-electron chi connectivity index (χ3n) is 5.39. The summed E-state index contributed by atoms with van der Waals surface area (Å²) in [6.45, 7) is 2.43. The van der Waals surface area contributed by atoms with Gasteiger partial charge in [-0.15, -0.1) is 11.3 Å². The van der Waals surface area contributed by atoms with Crippen LogP contribution in [0.15, 0.2) is 23.4 Å². The van der Waals surface area contributed by atoms with Crippen LogP contribution in [0, 0.1) is 20.8 Å². The molecular weight excluding hydrogens is 536 g/mol. The number of nitrogens with zero attached hydrogens (tertiary/aromatic N) is 1. The Bertz CT molecular complexity index is 1200. The Morgan fingerprint density at radius 2 is 1.67 bits per heavy atom. The molecule has 0 fully saturated rings. The van der Waals surface area contributed by atoms with Crippen LogP contribution in [0.25, 0.3) is 0 Å². The summed E-state index contributed by atoms with van der Waals surface area (Å²) in [7, 11) is 0. The molecule has 1 aliphatic rings. The van der Waals surface area contributed by atoms with Gasteiger partial charge in [0.05, 0.1) is 22.7 Å². The van der Waals surface area contributed by atoms with E-state index in [4.69, 9.17) is 16.4 Å². The van der Waals surface area contributed by atoms with Gasteiger partial charge in [-0.2, -0.15) is 26.3 Å². The third kappa shape index (κ3) is 5.77. The average Bonchev–Trinajstić information content (AvgIpc) is 3.38. The molecule has 1 aromatic heterocycles. The van der Waals surface area contributed by atoms with Gasteiger partial charge >= 0.3 is 12.4 Å². The van der Waals surface area contributed by atoms with E-state index in [0.29, 0.717) is 21.7 Å². The number of hydrogen-bond donors (Lipinski definition) is 2. The third-order valence-corrected chi connectivity index (χ3v) is 7.27. The number of carbonyl (C=O) groups is 2. The number of alkyl halides is 6. The Balaban J connectivity index is 1.78. The quantitative estimate of drug-likeness (QED) is 0.474. The summed E-state index contributed by atoms with van der Waals surface area (Å²) >= 11 is 6.94. The van der Waals surface area contributed by atoms with Crippen LogP contribution in [0.4, 0.5) is 26.3 Å². The number of thiophene rings is 1. The number of amides is 2. The van der Waals surface area contributed by atoms with E-state index < -0.39 is 49.3 Å². The molecule has 1 aliphatic heterocycles. The van der Waals surface area contributed by atoms with Gasteiger partial charge < -0.3 is 15.5 Å². The number of aryl methyl sites for hydroxylation is 3. The zero-order valence-electron chi connectivity index (χ0n) is 19.1. The number of rotatable bonds is 6. The molecule has 6 nitrogen and oxygen atoms in total. The molecule has 0 aliphatic carbocycles. The lowest BCUT2D eigenvalue weighted by Crippen LogP contribution is -2.42. The van der Waals surface area contributed by atoms with E-state index >= 15 is 0 Å². The molecule has 0 spiro atoms. The standard InChI is InChI=1S/C22H20ClF6N3O3S/c1-10-4-13(5-11(2)17(10)23)20(22(27,28)29)7-14(32-35-20)15-6-12(3)18(36-15)19(34)30-8-16(33)31-9-21(24,25)26/h4-6H,7-9H2,1-3H3,(H,30,34)(H,31,33). The van der Waals surface area contributed by atoms with Gasteiger partial charge in [-0.05, 0) is 43.5 Å². The number of carbonyl (C=O) groups excluding carboxylic acids is 2. The van der Waals surface area contributed by atoms with E-state index in [9.17, 15) is 35.9 Å². The molecule has 2 N–H and O–H groups in total. The highest BCUT2D eigenvalue weighted by molar-refractivity contribution is 7.16. The molecule has 0 saturated heterocycles. The van der Waals surface area contributed by atoms with Gasteiger partial charge in [-0.1, -0.05) is 28.9 Å². The highest BCUT2D eigenvalue weighted by Crippen LogP contribution is 2.50. The SMILES string of the molecule is Cc1cc(C2=NOC(c3cc(C)c(Cl)c(C)c3)(C(F)(F)F)C2)sc1C(=O)NCC(=O)NCC(F)(F)F. The Hall–Kier alpha value is -2.80. The van der Waals surface area contributed by atoms with E-state index in [1.807, 2.05) is 0 Å². The molecule has 2 heterocycles. The minimum Gasteiger partial charge on any atom is -0.374 e. The van der Waals surface area contributed by atoms with Crippen molar-refractivity contribution < 1.29 is 40.8 Å². The highest BCUT2D eigenvalue weighted by Gasteiger charge is 2.62. The molecule has 14 heteroatoms. The molecule has 196 valence electrons. The van der Waals surface area contributed by atoms with Crippen molar-refractivity contribution in [1.82, 2.24) is 10.6 Å². The van der Waals surface area contributed by atoms with Crippen LogP contribution in [0.3, 0.4) is 0 Å². The van der Waals surface area contributed by atoms with Crippen LogP contribution in [-0.2, 0) is 15.2 Å². The summed E-state index contributed by atoms with van der Waals surface area (Å²) in [6.07, 6.45) is -10.1. The van der Waals surface area contributed by atoms with Crippen molar-refractivity contribution in [3.05, 3.63) is 55.2 Å². The largest absolute Gasteiger partial charge is 0.435 e. The first-order chi connectivity index (χ1) is 16.5. The van der Waals surface area contributed by atoms with Crippen molar-refractivity contribution in [2.24, 2.45) is 5.16 Å². The van der Waals surface area contributed by atoms with Gasteiger partial charge in [0.1, 0.15) is 12.3 Å². The lowest BCUT2D eigenvalue weighted by atomic mass is 9.86. The molecule has 36 heavy (non-hydrogen) atoms. The van der Waals surface area contributed by atoms with Gasteiger partial charge in [-0.25, -0.2) is 0 Å². The maximum atomic E-state index is 14.3.